The number of hydrogen-bond acceptors (Lipinski definition) is 6. The molecule has 3 aromatic rings. The van der Waals surface area contributed by atoms with Crippen molar-refractivity contribution in [1.82, 2.24) is 9.97 Å². The number of halogens is 1. The fourth-order valence-corrected chi connectivity index (χ4v) is 4.67. The monoisotopic (exact) mass is 493 g/mol. The smallest absolute Gasteiger partial charge is 0.318 e. The van der Waals surface area contributed by atoms with Gasteiger partial charge in [0.2, 0.25) is 0 Å². The Hall–Kier alpha value is -3.32. The van der Waals surface area contributed by atoms with E-state index < -0.39 is 17.9 Å². The summed E-state index contributed by atoms with van der Waals surface area (Å²) in [7, 11) is 0. The summed E-state index contributed by atoms with van der Waals surface area (Å²) in [5.74, 6) is -1.64. The lowest BCUT2D eigenvalue weighted by Gasteiger charge is -2.30. The van der Waals surface area contributed by atoms with Gasteiger partial charge in [-0.3, -0.25) is 19.3 Å². The molecule has 1 aliphatic heterocycles. The molecule has 0 radical (unpaired) electrons. The number of ketones is 1. The van der Waals surface area contributed by atoms with E-state index in [0.29, 0.717) is 34.9 Å². The number of fused-ring (bicyclic) bond motifs is 2. The summed E-state index contributed by atoms with van der Waals surface area (Å²) in [5.41, 5.74) is 1.41. The van der Waals surface area contributed by atoms with Gasteiger partial charge in [0.15, 0.2) is 5.65 Å². The number of aromatic nitrogens is 2. The van der Waals surface area contributed by atoms with Crippen molar-refractivity contribution in [2.24, 2.45) is 11.8 Å². The van der Waals surface area contributed by atoms with E-state index in [2.05, 4.69) is 23.8 Å². The van der Waals surface area contributed by atoms with Crippen LogP contribution in [0.5, 0.6) is 0 Å². The minimum absolute atomic E-state index is 0.133. The van der Waals surface area contributed by atoms with Crippen LogP contribution in [0.1, 0.15) is 62.0 Å². The molecule has 35 heavy (non-hydrogen) atoms. The number of esters is 1. The molecule has 0 spiro atoms. The van der Waals surface area contributed by atoms with Gasteiger partial charge in [0.25, 0.3) is 5.91 Å². The van der Waals surface area contributed by atoms with Crippen molar-refractivity contribution in [2.45, 2.75) is 46.1 Å². The molecule has 0 N–H and O–H groups in total. The first-order valence-corrected chi connectivity index (χ1v) is 12.2. The molecule has 1 aliphatic rings. The van der Waals surface area contributed by atoms with Crippen LogP contribution < -0.4 is 4.90 Å². The molecule has 0 saturated carbocycles. The number of benzene rings is 1. The van der Waals surface area contributed by atoms with Crippen molar-refractivity contribution in [3.8, 4) is 0 Å². The largest absolute Gasteiger partial charge is 0.465 e. The summed E-state index contributed by atoms with van der Waals surface area (Å²) in [6, 6.07) is 13.1. The molecule has 0 bridgehead atoms. The molecule has 1 amide bonds. The molecule has 2 atom stereocenters. The lowest BCUT2D eigenvalue weighted by molar-refractivity contribution is -0.152. The fraction of sp³-hybridized carbons (Fsp3) is 0.370. The van der Waals surface area contributed by atoms with Crippen LogP contribution in [0.2, 0.25) is 5.15 Å². The zero-order valence-corrected chi connectivity index (χ0v) is 20.8. The first-order valence-electron chi connectivity index (χ1n) is 11.9. The predicted molar refractivity (Wildman–Crippen MR) is 134 cm³/mol. The third-order valence-corrected chi connectivity index (χ3v) is 6.38. The lowest BCUT2D eigenvalue weighted by atomic mass is 9.86. The standard InChI is InChI=1S/C27H28ClN3O4/c1-4-35-27(34)23(20(32)11-7-8-16(2)3)24-18-9-5-6-10-19(18)26(33)31(24)22-15-13-17-12-14-21(28)29-25(17)30-22/h5-6,9-10,12-16,23-24H,4,7-8,11H2,1-3H3. The van der Waals surface area contributed by atoms with Crippen LogP contribution in [0, 0.1) is 11.8 Å². The average Bonchev–Trinajstić information content (AvgIpc) is 3.11. The molecule has 182 valence electrons. The topological polar surface area (TPSA) is 89.5 Å². The quantitative estimate of drug-likeness (QED) is 0.220. The number of amides is 1. The highest BCUT2D eigenvalue weighted by Gasteiger charge is 2.48. The van der Waals surface area contributed by atoms with E-state index in [1.807, 2.05) is 0 Å². The molecular formula is C27H28ClN3O4. The van der Waals surface area contributed by atoms with Gasteiger partial charge in [0.05, 0.1) is 12.6 Å². The number of pyridine rings is 2. The number of anilines is 1. The van der Waals surface area contributed by atoms with Crippen LogP contribution in [0.4, 0.5) is 5.82 Å². The van der Waals surface area contributed by atoms with Gasteiger partial charge in [-0.1, -0.05) is 50.1 Å². The number of ether oxygens (including phenoxy) is 1. The van der Waals surface area contributed by atoms with Gasteiger partial charge < -0.3 is 4.74 Å². The van der Waals surface area contributed by atoms with Crippen molar-refractivity contribution in [3.63, 3.8) is 0 Å². The van der Waals surface area contributed by atoms with Gasteiger partial charge >= 0.3 is 5.97 Å². The second-order valence-corrected chi connectivity index (χ2v) is 9.43. The number of carbonyl (C=O) groups is 3. The zero-order valence-electron chi connectivity index (χ0n) is 20.0. The molecule has 2 unspecified atom stereocenters. The maximum absolute atomic E-state index is 13.6. The Kier molecular flexibility index (Phi) is 7.45. The Morgan fingerprint density at radius 2 is 1.83 bits per heavy atom. The van der Waals surface area contributed by atoms with Gasteiger partial charge in [-0.15, -0.1) is 0 Å². The fourth-order valence-electron chi connectivity index (χ4n) is 4.53. The Balaban J connectivity index is 1.81. The van der Waals surface area contributed by atoms with Crippen LogP contribution in [0.15, 0.2) is 48.5 Å². The van der Waals surface area contributed by atoms with E-state index in [1.165, 1.54) is 4.90 Å². The van der Waals surface area contributed by atoms with Crippen LogP contribution in [-0.2, 0) is 14.3 Å². The molecule has 0 fully saturated rings. The summed E-state index contributed by atoms with van der Waals surface area (Å²) in [5, 5.41) is 1.03. The van der Waals surface area contributed by atoms with Crippen LogP contribution in [-0.4, -0.2) is 34.2 Å². The van der Waals surface area contributed by atoms with Crippen molar-refractivity contribution >= 4 is 46.1 Å². The zero-order chi connectivity index (χ0) is 25.1. The Bertz CT molecular complexity index is 1280. The second kappa shape index (κ2) is 10.5. The summed E-state index contributed by atoms with van der Waals surface area (Å²) in [4.78, 5) is 50.5. The summed E-state index contributed by atoms with van der Waals surface area (Å²) >= 11 is 6.06. The van der Waals surface area contributed by atoms with E-state index in [1.54, 1.807) is 55.5 Å². The number of nitrogens with zero attached hydrogens (tertiary/aromatic N) is 3. The summed E-state index contributed by atoms with van der Waals surface area (Å²) < 4.78 is 5.34. The third kappa shape index (κ3) is 5.05. The highest BCUT2D eigenvalue weighted by molar-refractivity contribution is 6.29. The second-order valence-electron chi connectivity index (χ2n) is 9.04. The van der Waals surface area contributed by atoms with Gasteiger partial charge in [0, 0.05) is 17.4 Å². The summed E-state index contributed by atoms with van der Waals surface area (Å²) in [6.45, 7) is 6.01. The predicted octanol–water partition coefficient (Wildman–Crippen LogP) is 5.56. The van der Waals surface area contributed by atoms with Crippen LogP contribution in [0.25, 0.3) is 11.0 Å². The number of rotatable bonds is 9. The number of carbonyl (C=O) groups excluding carboxylic acids is 3. The van der Waals surface area contributed by atoms with Crippen LogP contribution in [0.3, 0.4) is 0 Å². The maximum atomic E-state index is 13.6. The molecule has 3 heterocycles. The highest BCUT2D eigenvalue weighted by atomic mass is 35.5. The summed E-state index contributed by atoms with van der Waals surface area (Å²) in [6.07, 6.45) is 1.75. The molecular weight excluding hydrogens is 466 g/mol. The Labute approximate surface area is 209 Å². The minimum atomic E-state index is -1.17. The minimum Gasteiger partial charge on any atom is -0.465 e. The van der Waals surface area contributed by atoms with Gasteiger partial charge in [-0.25, -0.2) is 9.97 Å². The Morgan fingerprint density at radius 3 is 2.57 bits per heavy atom. The first kappa shape index (κ1) is 24.8. The number of hydrogen-bond donors (Lipinski definition) is 0. The first-order chi connectivity index (χ1) is 16.8. The lowest BCUT2D eigenvalue weighted by Crippen LogP contribution is -2.40. The molecule has 8 heteroatoms. The van der Waals surface area contributed by atoms with Crippen molar-refractivity contribution < 1.29 is 19.1 Å². The maximum Gasteiger partial charge on any atom is 0.318 e. The molecule has 2 aromatic heterocycles. The number of Topliss-reactive ketones (excluding diaryl/α,β-unsaturated/α-hetero) is 1. The van der Waals surface area contributed by atoms with E-state index in [-0.39, 0.29) is 29.9 Å². The Morgan fingerprint density at radius 1 is 1.09 bits per heavy atom. The van der Waals surface area contributed by atoms with Crippen molar-refractivity contribution in [1.29, 1.82) is 0 Å². The molecule has 0 saturated heterocycles. The molecule has 0 aliphatic carbocycles. The van der Waals surface area contributed by atoms with Crippen LogP contribution >= 0.6 is 11.6 Å². The van der Waals surface area contributed by atoms with Gasteiger partial charge in [0.1, 0.15) is 22.7 Å². The van der Waals surface area contributed by atoms with E-state index in [9.17, 15) is 14.4 Å². The SMILES string of the molecule is CCOC(=O)C(C(=O)CCCC(C)C)C1c2ccccc2C(=O)N1c1ccc2ccc(Cl)nc2n1. The molecule has 7 nitrogen and oxygen atoms in total. The normalized spacial score (nSPS) is 16.0. The van der Waals surface area contributed by atoms with Gasteiger partial charge in [-0.2, -0.15) is 0 Å². The molecule has 1 aromatic carbocycles. The van der Waals surface area contributed by atoms with Crippen molar-refractivity contribution in [2.75, 3.05) is 11.5 Å². The van der Waals surface area contributed by atoms with E-state index in [4.69, 9.17) is 16.3 Å². The highest BCUT2D eigenvalue weighted by Crippen LogP contribution is 2.42. The van der Waals surface area contributed by atoms with Gasteiger partial charge in [-0.05, 0) is 55.2 Å². The third-order valence-electron chi connectivity index (χ3n) is 6.17. The van der Waals surface area contributed by atoms with E-state index in [0.717, 1.165) is 11.8 Å². The van der Waals surface area contributed by atoms with Crippen molar-refractivity contribution in [3.05, 3.63) is 64.8 Å². The molecule has 4 rings (SSSR count). The van der Waals surface area contributed by atoms with E-state index >= 15 is 0 Å². The average molecular weight is 494 g/mol.